The van der Waals surface area contributed by atoms with Crippen LogP contribution >= 0.6 is 0 Å². The van der Waals surface area contributed by atoms with E-state index >= 15 is 0 Å². The summed E-state index contributed by atoms with van der Waals surface area (Å²) in [6, 6.07) is 11.7. The molecule has 192 valence electrons. The molecule has 2 aromatic rings. The molecule has 1 atom stereocenters. The molecule has 2 aromatic carbocycles. The number of hydrogen-bond acceptors (Lipinski definition) is 4. The molecule has 0 aliphatic carbocycles. The molecule has 1 N–H and O–H groups in total. The lowest BCUT2D eigenvalue weighted by Gasteiger charge is -2.29. The Morgan fingerprint density at radius 2 is 1.71 bits per heavy atom. The minimum absolute atomic E-state index is 0.0180. The molecule has 0 radical (unpaired) electrons. The first-order chi connectivity index (χ1) is 16.5. The average molecular weight is 510 g/mol. The highest BCUT2D eigenvalue weighted by atomic mass is 32.2. The van der Waals surface area contributed by atoms with E-state index in [4.69, 9.17) is 0 Å². The Kier molecular flexibility index (Phi) is 10.6. The van der Waals surface area contributed by atoms with Gasteiger partial charge in [0.1, 0.15) is 6.04 Å². The van der Waals surface area contributed by atoms with Gasteiger partial charge in [0, 0.05) is 32.1 Å². The number of rotatable bonds is 13. The van der Waals surface area contributed by atoms with Gasteiger partial charge < -0.3 is 10.2 Å². The molecule has 0 heterocycles. The zero-order chi connectivity index (χ0) is 26.0. The van der Waals surface area contributed by atoms with Gasteiger partial charge in [-0.15, -0.1) is 0 Å². The van der Waals surface area contributed by atoms with E-state index in [1.54, 1.807) is 6.92 Å². The van der Waals surface area contributed by atoms with Gasteiger partial charge in [-0.1, -0.05) is 37.3 Å². The summed E-state index contributed by atoms with van der Waals surface area (Å²) in [5.41, 5.74) is 1.00. The van der Waals surface area contributed by atoms with Crippen LogP contribution < -0.4 is 9.62 Å². The number of carbonyl (C=O) groups is 2. The van der Waals surface area contributed by atoms with Crippen LogP contribution in [0.5, 0.6) is 0 Å². The van der Waals surface area contributed by atoms with Crippen molar-refractivity contribution >= 4 is 27.5 Å². The van der Waals surface area contributed by atoms with E-state index in [0.29, 0.717) is 19.5 Å². The Bertz CT molecular complexity index is 1100. The van der Waals surface area contributed by atoms with E-state index in [0.717, 1.165) is 34.7 Å². The van der Waals surface area contributed by atoms with Crippen LogP contribution in [-0.2, 0) is 26.0 Å². The van der Waals surface area contributed by atoms with Crippen molar-refractivity contribution < 1.29 is 26.8 Å². The normalized spacial score (nSPS) is 12.1. The Labute approximate surface area is 206 Å². The number of halogens is 2. The van der Waals surface area contributed by atoms with Crippen LogP contribution in [0.1, 0.15) is 38.7 Å². The molecule has 0 aliphatic heterocycles. The van der Waals surface area contributed by atoms with Gasteiger partial charge in [-0.05, 0) is 43.9 Å². The predicted molar refractivity (Wildman–Crippen MR) is 132 cm³/mol. The number of sulfonamides is 1. The van der Waals surface area contributed by atoms with Crippen molar-refractivity contribution in [2.24, 2.45) is 0 Å². The number of amides is 2. The topological polar surface area (TPSA) is 86.8 Å². The lowest BCUT2D eigenvalue weighted by atomic mass is 10.1. The summed E-state index contributed by atoms with van der Waals surface area (Å²) in [4.78, 5) is 27.2. The highest BCUT2D eigenvalue weighted by molar-refractivity contribution is 7.92. The van der Waals surface area contributed by atoms with Crippen LogP contribution in [0.25, 0.3) is 0 Å². The van der Waals surface area contributed by atoms with Gasteiger partial charge in [0.15, 0.2) is 11.6 Å². The van der Waals surface area contributed by atoms with Gasteiger partial charge in [-0.25, -0.2) is 17.2 Å². The smallest absolute Gasteiger partial charge is 0.242 e. The Hall–Kier alpha value is -3.01. The molecule has 0 unspecified atom stereocenters. The Morgan fingerprint density at radius 3 is 2.31 bits per heavy atom. The molecule has 0 bridgehead atoms. The molecule has 0 aromatic heterocycles. The van der Waals surface area contributed by atoms with Gasteiger partial charge in [-0.2, -0.15) is 0 Å². The molecular formula is C25H33F2N3O4S. The lowest BCUT2D eigenvalue weighted by Crippen LogP contribution is -2.49. The van der Waals surface area contributed by atoms with Crippen molar-refractivity contribution in [1.29, 1.82) is 0 Å². The summed E-state index contributed by atoms with van der Waals surface area (Å²) >= 11 is 0. The zero-order valence-electron chi connectivity index (χ0n) is 20.3. The summed E-state index contributed by atoms with van der Waals surface area (Å²) in [5.74, 6) is -2.79. The molecule has 2 amide bonds. The third kappa shape index (κ3) is 8.61. The van der Waals surface area contributed by atoms with Gasteiger partial charge in [0.25, 0.3) is 0 Å². The Morgan fingerprint density at radius 1 is 1.03 bits per heavy atom. The molecule has 10 heteroatoms. The molecule has 0 spiro atoms. The highest BCUT2D eigenvalue weighted by Gasteiger charge is 2.26. The molecule has 0 saturated carbocycles. The van der Waals surface area contributed by atoms with E-state index in [9.17, 15) is 26.8 Å². The standard InChI is InChI=1S/C25H33F2N3O4S/c1-4-15-28-25(32)19(2)29(17-14-20-9-6-5-7-10-20)24(31)11-8-16-30(35(3,33)34)21-12-13-22(26)23(27)18-21/h5-7,9-10,12-13,18-19H,4,8,11,14-17H2,1-3H3,(H,28,32)/t19-/m1/s1. The minimum Gasteiger partial charge on any atom is -0.354 e. The van der Waals surface area contributed by atoms with Gasteiger partial charge in [0.05, 0.1) is 11.9 Å². The van der Waals surface area contributed by atoms with Crippen molar-refractivity contribution in [3.63, 3.8) is 0 Å². The second-order valence-electron chi connectivity index (χ2n) is 8.33. The molecular weight excluding hydrogens is 476 g/mol. The first-order valence-corrected chi connectivity index (χ1v) is 13.4. The number of anilines is 1. The third-order valence-electron chi connectivity index (χ3n) is 5.54. The third-order valence-corrected chi connectivity index (χ3v) is 6.74. The first-order valence-electron chi connectivity index (χ1n) is 11.6. The van der Waals surface area contributed by atoms with Crippen molar-refractivity contribution in [2.75, 3.05) is 30.2 Å². The van der Waals surface area contributed by atoms with Crippen LogP contribution in [0.15, 0.2) is 48.5 Å². The van der Waals surface area contributed by atoms with Crippen LogP contribution in [0.4, 0.5) is 14.5 Å². The van der Waals surface area contributed by atoms with E-state index in [-0.39, 0.29) is 36.9 Å². The quantitative estimate of drug-likeness (QED) is 0.448. The fraction of sp³-hybridized carbons (Fsp3) is 0.440. The summed E-state index contributed by atoms with van der Waals surface area (Å²) < 4.78 is 52.4. The van der Waals surface area contributed by atoms with Gasteiger partial charge in [0.2, 0.25) is 21.8 Å². The Balaban J connectivity index is 2.11. The van der Waals surface area contributed by atoms with E-state index < -0.39 is 27.7 Å². The molecule has 7 nitrogen and oxygen atoms in total. The largest absolute Gasteiger partial charge is 0.354 e. The summed E-state index contributed by atoms with van der Waals surface area (Å²) in [6.45, 7) is 4.32. The predicted octanol–water partition coefficient (Wildman–Crippen LogP) is 3.50. The van der Waals surface area contributed by atoms with Crippen molar-refractivity contribution in [2.45, 2.75) is 45.6 Å². The monoisotopic (exact) mass is 509 g/mol. The maximum absolute atomic E-state index is 13.7. The second kappa shape index (κ2) is 13.2. The summed E-state index contributed by atoms with van der Waals surface area (Å²) in [5, 5.41) is 2.80. The lowest BCUT2D eigenvalue weighted by molar-refractivity contribution is -0.139. The fourth-order valence-corrected chi connectivity index (χ4v) is 4.57. The molecule has 0 fully saturated rings. The minimum atomic E-state index is -3.80. The van der Waals surface area contributed by atoms with E-state index in [2.05, 4.69) is 5.32 Å². The number of benzene rings is 2. The first kappa shape index (κ1) is 28.2. The van der Waals surface area contributed by atoms with Crippen LogP contribution in [0.3, 0.4) is 0 Å². The van der Waals surface area contributed by atoms with E-state index in [1.165, 1.54) is 11.0 Å². The van der Waals surface area contributed by atoms with Gasteiger partial charge in [-0.3, -0.25) is 13.9 Å². The van der Waals surface area contributed by atoms with Crippen LogP contribution in [0, 0.1) is 11.6 Å². The fourth-order valence-electron chi connectivity index (χ4n) is 3.61. The number of carbonyl (C=O) groups excluding carboxylic acids is 2. The number of nitrogens with zero attached hydrogens (tertiary/aromatic N) is 2. The highest BCUT2D eigenvalue weighted by Crippen LogP contribution is 2.21. The number of hydrogen-bond donors (Lipinski definition) is 1. The molecule has 2 rings (SSSR count). The molecule has 35 heavy (non-hydrogen) atoms. The van der Waals surface area contributed by atoms with Crippen LogP contribution in [0.2, 0.25) is 0 Å². The SMILES string of the molecule is CCCNC(=O)[C@@H](C)N(CCc1ccccc1)C(=O)CCCN(c1ccc(F)c(F)c1)S(C)(=O)=O. The zero-order valence-corrected chi connectivity index (χ0v) is 21.2. The van der Waals surface area contributed by atoms with Crippen molar-refractivity contribution in [1.82, 2.24) is 10.2 Å². The van der Waals surface area contributed by atoms with Crippen LogP contribution in [-0.4, -0.2) is 57.1 Å². The maximum atomic E-state index is 13.7. The van der Waals surface area contributed by atoms with E-state index in [1.807, 2.05) is 37.3 Å². The van der Waals surface area contributed by atoms with Gasteiger partial charge >= 0.3 is 0 Å². The second-order valence-corrected chi connectivity index (χ2v) is 10.2. The summed E-state index contributed by atoms with van der Waals surface area (Å²) in [7, 11) is -3.80. The summed E-state index contributed by atoms with van der Waals surface area (Å²) in [6.07, 6.45) is 2.40. The average Bonchev–Trinajstić information content (AvgIpc) is 2.82. The molecule has 0 aliphatic rings. The van der Waals surface area contributed by atoms with Crippen molar-refractivity contribution in [3.05, 3.63) is 65.7 Å². The number of nitrogens with one attached hydrogen (secondary N) is 1. The molecule has 0 saturated heterocycles. The van der Waals surface area contributed by atoms with Crippen molar-refractivity contribution in [3.8, 4) is 0 Å². The maximum Gasteiger partial charge on any atom is 0.242 e.